The van der Waals surface area contributed by atoms with Crippen molar-refractivity contribution in [2.75, 3.05) is 39.6 Å². The van der Waals surface area contributed by atoms with Gasteiger partial charge in [0.1, 0.15) is 0 Å². The maximum Gasteiger partial charge on any atom is 0.0698 e. The molecule has 0 aromatic rings. The minimum Gasteiger partial charge on any atom is -0.394 e. The Morgan fingerprint density at radius 1 is 1.20 bits per heavy atom. The first kappa shape index (κ1) is 14.8. The second-order valence-corrected chi connectivity index (χ2v) is 3.80. The van der Waals surface area contributed by atoms with Crippen LogP contribution in [0.25, 0.3) is 0 Å². The van der Waals surface area contributed by atoms with Crippen molar-refractivity contribution in [3.8, 4) is 0 Å². The predicted molar refractivity (Wildman–Crippen MR) is 61.0 cm³/mol. The summed E-state index contributed by atoms with van der Waals surface area (Å²) in [6, 6.07) is 0.377. The predicted octanol–water partition coefficient (Wildman–Crippen LogP) is 0.646. The third-order valence-electron chi connectivity index (χ3n) is 2.19. The van der Waals surface area contributed by atoms with Crippen molar-refractivity contribution in [1.82, 2.24) is 5.32 Å². The van der Waals surface area contributed by atoms with Crippen LogP contribution >= 0.6 is 0 Å². The van der Waals surface area contributed by atoms with Gasteiger partial charge in [0.05, 0.1) is 26.4 Å². The quantitative estimate of drug-likeness (QED) is 0.530. The Morgan fingerprint density at radius 2 is 1.93 bits per heavy atom. The Labute approximate surface area is 93.0 Å². The zero-order valence-corrected chi connectivity index (χ0v) is 10.2. The van der Waals surface area contributed by atoms with Crippen LogP contribution in [0.2, 0.25) is 0 Å². The zero-order chi connectivity index (χ0) is 11.5. The van der Waals surface area contributed by atoms with Gasteiger partial charge in [0.2, 0.25) is 0 Å². The molecular formula is C11H25NO3. The largest absolute Gasteiger partial charge is 0.394 e. The molecule has 0 aliphatic carbocycles. The molecule has 0 aliphatic heterocycles. The summed E-state index contributed by atoms with van der Waals surface area (Å²) < 4.78 is 10.6. The van der Waals surface area contributed by atoms with Gasteiger partial charge in [-0.1, -0.05) is 13.8 Å². The summed E-state index contributed by atoms with van der Waals surface area (Å²) >= 11 is 0. The van der Waals surface area contributed by atoms with Gasteiger partial charge in [0, 0.05) is 19.2 Å². The van der Waals surface area contributed by atoms with Gasteiger partial charge in [-0.05, 0) is 12.8 Å². The van der Waals surface area contributed by atoms with Gasteiger partial charge < -0.3 is 19.9 Å². The van der Waals surface area contributed by atoms with Crippen LogP contribution in [0.4, 0.5) is 0 Å². The molecule has 1 unspecified atom stereocenters. The van der Waals surface area contributed by atoms with Crippen LogP contribution in [0.3, 0.4) is 0 Å². The maximum absolute atomic E-state index is 8.51. The summed E-state index contributed by atoms with van der Waals surface area (Å²) in [7, 11) is 0. The van der Waals surface area contributed by atoms with E-state index in [0.29, 0.717) is 25.2 Å². The van der Waals surface area contributed by atoms with Crippen molar-refractivity contribution in [2.24, 2.45) is 5.92 Å². The molecule has 0 rings (SSSR count). The second-order valence-electron chi connectivity index (χ2n) is 3.80. The molecular weight excluding hydrogens is 194 g/mol. The number of ether oxygens (including phenoxy) is 2. The molecule has 1 atom stereocenters. The van der Waals surface area contributed by atoms with E-state index in [1.807, 2.05) is 6.92 Å². The van der Waals surface area contributed by atoms with Crippen LogP contribution in [0.15, 0.2) is 0 Å². The molecule has 2 N–H and O–H groups in total. The summed E-state index contributed by atoms with van der Waals surface area (Å²) in [5.74, 6) is 0.550. The minimum absolute atomic E-state index is 0.0898. The molecule has 0 saturated carbocycles. The SMILES string of the molecule is CCOCC(NCCOCCO)C(C)C. The molecule has 0 heterocycles. The van der Waals surface area contributed by atoms with Gasteiger partial charge in [-0.15, -0.1) is 0 Å². The van der Waals surface area contributed by atoms with Crippen LogP contribution in [0.1, 0.15) is 20.8 Å². The molecule has 0 saturated heterocycles. The van der Waals surface area contributed by atoms with Crippen molar-refractivity contribution in [2.45, 2.75) is 26.8 Å². The van der Waals surface area contributed by atoms with Crippen LogP contribution in [0.5, 0.6) is 0 Å². The zero-order valence-electron chi connectivity index (χ0n) is 10.2. The highest BCUT2D eigenvalue weighted by molar-refractivity contribution is 4.69. The van der Waals surface area contributed by atoms with E-state index < -0.39 is 0 Å². The molecule has 0 spiro atoms. The van der Waals surface area contributed by atoms with Gasteiger partial charge >= 0.3 is 0 Å². The number of aliphatic hydroxyl groups is 1. The molecule has 0 aliphatic rings. The third-order valence-corrected chi connectivity index (χ3v) is 2.19. The molecule has 0 amide bonds. The van der Waals surface area contributed by atoms with E-state index in [2.05, 4.69) is 19.2 Å². The molecule has 4 nitrogen and oxygen atoms in total. The highest BCUT2D eigenvalue weighted by atomic mass is 16.5. The molecule has 0 aromatic heterocycles. The number of hydrogen-bond acceptors (Lipinski definition) is 4. The van der Waals surface area contributed by atoms with Crippen molar-refractivity contribution >= 4 is 0 Å². The van der Waals surface area contributed by atoms with Crippen LogP contribution in [-0.4, -0.2) is 50.7 Å². The first-order chi connectivity index (χ1) is 7.22. The van der Waals surface area contributed by atoms with Gasteiger partial charge in [0.15, 0.2) is 0 Å². The van der Waals surface area contributed by atoms with E-state index in [4.69, 9.17) is 14.6 Å². The lowest BCUT2D eigenvalue weighted by molar-refractivity contribution is 0.0802. The molecule has 0 bridgehead atoms. The van der Waals surface area contributed by atoms with E-state index in [0.717, 1.165) is 19.8 Å². The van der Waals surface area contributed by atoms with Gasteiger partial charge in [-0.2, -0.15) is 0 Å². The fraction of sp³-hybridized carbons (Fsp3) is 1.00. The molecule has 0 fully saturated rings. The second kappa shape index (κ2) is 10.4. The average Bonchev–Trinajstić information content (AvgIpc) is 2.21. The molecule has 92 valence electrons. The normalized spacial score (nSPS) is 13.4. The van der Waals surface area contributed by atoms with Crippen molar-refractivity contribution < 1.29 is 14.6 Å². The third kappa shape index (κ3) is 8.81. The number of nitrogens with one attached hydrogen (secondary N) is 1. The Bertz CT molecular complexity index is 131. The first-order valence-electron chi connectivity index (χ1n) is 5.72. The van der Waals surface area contributed by atoms with Crippen molar-refractivity contribution in [3.05, 3.63) is 0 Å². The summed E-state index contributed by atoms with van der Waals surface area (Å²) in [5, 5.41) is 11.9. The lowest BCUT2D eigenvalue weighted by Crippen LogP contribution is -2.39. The van der Waals surface area contributed by atoms with Crippen molar-refractivity contribution in [1.29, 1.82) is 0 Å². The summed E-state index contributed by atoms with van der Waals surface area (Å²) in [6.45, 7) is 9.79. The molecule has 0 aromatic carbocycles. The monoisotopic (exact) mass is 219 g/mol. The number of hydrogen-bond donors (Lipinski definition) is 2. The van der Waals surface area contributed by atoms with Crippen LogP contribution in [0, 0.1) is 5.92 Å². The van der Waals surface area contributed by atoms with E-state index in [-0.39, 0.29) is 6.61 Å². The van der Waals surface area contributed by atoms with Crippen LogP contribution in [-0.2, 0) is 9.47 Å². The van der Waals surface area contributed by atoms with Gasteiger partial charge in [-0.25, -0.2) is 0 Å². The minimum atomic E-state index is 0.0898. The summed E-state index contributed by atoms with van der Waals surface area (Å²) in [5.41, 5.74) is 0. The summed E-state index contributed by atoms with van der Waals surface area (Å²) in [4.78, 5) is 0. The first-order valence-corrected chi connectivity index (χ1v) is 5.72. The van der Waals surface area contributed by atoms with Crippen LogP contribution < -0.4 is 5.32 Å². The lowest BCUT2D eigenvalue weighted by Gasteiger charge is -2.22. The fourth-order valence-electron chi connectivity index (χ4n) is 1.21. The Kier molecular flexibility index (Phi) is 10.3. The number of rotatable bonds is 10. The van der Waals surface area contributed by atoms with Gasteiger partial charge in [-0.3, -0.25) is 0 Å². The Morgan fingerprint density at radius 3 is 2.47 bits per heavy atom. The average molecular weight is 219 g/mol. The highest BCUT2D eigenvalue weighted by Crippen LogP contribution is 2.01. The molecule has 0 radical (unpaired) electrons. The Balaban J connectivity index is 3.48. The van der Waals surface area contributed by atoms with Gasteiger partial charge in [0.25, 0.3) is 0 Å². The number of aliphatic hydroxyl groups excluding tert-OH is 1. The van der Waals surface area contributed by atoms with E-state index in [9.17, 15) is 0 Å². The van der Waals surface area contributed by atoms with E-state index in [1.54, 1.807) is 0 Å². The standard InChI is InChI=1S/C11H25NO3/c1-4-14-9-11(10(2)3)12-5-7-15-8-6-13/h10-13H,4-9H2,1-3H3. The summed E-state index contributed by atoms with van der Waals surface area (Å²) in [6.07, 6.45) is 0. The highest BCUT2D eigenvalue weighted by Gasteiger charge is 2.11. The maximum atomic E-state index is 8.51. The fourth-order valence-corrected chi connectivity index (χ4v) is 1.21. The Hall–Kier alpha value is -0.160. The van der Waals surface area contributed by atoms with Crippen molar-refractivity contribution in [3.63, 3.8) is 0 Å². The smallest absolute Gasteiger partial charge is 0.0698 e. The molecule has 15 heavy (non-hydrogen) atoms. The van der Waals surface area contributed by atoms with E-state index in [1.165, 1.54) is 0 Å². The lowest BCUT2D eigenvalue weighted by atomic mass is 10.1. The molecule has 4 heteroatoms. The van der Waals surface area contributed by atoms with E-state index >= 15 is 0 Å². The topological polar surface area (TPSA) is 50.7 Å².